The van der Waals surface area contributed by atoms with E-state index in [0.29, 0.717) is 12.2 Å². The molecule has 0 aliphatic rings. The summed E-state index contributed by atoms with van der Waals surface area (Å²) < 4.78 is 26.4. The summed E-state index contributed by atoms with van der Waals surface area (Å²) in [6, 6.07) is 2.76. The molecule has 7 heteroatoms. The third kappa shape index (κ3) is 6.77. The molecule has 2 amide bonds. The van der Waals surface area contributed by atoms with Crippen molar-refractivity contribution in [1.82, 2.24) is 10.6 Å². The molecule has 0 heterocycles. The maximum Gasteiger partial charge on any atom is 0.315 e. The van der Waals surface area contributed by atoms with E-state index < -0.39 is 11.6 Å². The SMILES string of the molecule is CSCC(CCO)NC(=O)NCCc1cc(F)ccc1F. The fourth-order valence-corrected chi connectivity index (χ4v) is 2.49. The van der Waals surface area contributed by atoms with E-state index in [4.69, 9.17) is 5.11 Å². The van der Waals surface area contributed by atoms with Gasteiger partial charge in [0.15, 0.2) is 0 Å². The molecule has 0 spiro atoms. The standard InChI is InChI=1S/C14H20F2N2O2S/c1-21-9-12(5-7-19)18-14(20)17-6-4-10-8-11(15)2-3-13(10)16/h2-3,8,12,19H,4-7,9H2,1H3,(H2,17,18,20). The molecule has 0 saturated carbocycles. The minimum atomic E-state index is -0.501. The summed E-state index contributed by atoms with van der Waals surface area (Å²) in [5, 5.41) is 14.2. The Labute approximate surface area is 127 Å². The summed E-state index contributed by atoms with van der Waals surface area (Å²) >= 11 is 1.57. The minimum absolute atomic E-state index is 0.0000100. The Bertz CT molecular complexity index is 455. The van der Waals surface area contributed by atoms with E-state index in [1.807, 2.05) is 6.26 Å². The Morgan fingerprint density at radius 3 is 2.86 bits per heavy atom. The molecule has 0 radical (unpaired) electrons. The van der Waals surface area contributed by atoms with Crippen LogP contribution in [-0.2, 0) is 6.42 Å². The first kappa shape index (κ1) is 17.7. The van der Waals surface area contributed by atoms with Crippen molar-refractivity contribution in [1.29, 1.82) is 0 Å². The molecule has 1 rings (SSSR count). The van der Waals surface area contributed by atoms with Gasteiger partial charge in [0.1, 0.15) is 11.6 Å². The highest BCUT2D eigenvalue weighted by atomic mass is 32.2. The zero-order valence-corrected chi connectivity index (χ0v) is 12.7. The van der Waals surface area contributed by atoms with Crippen molar-refractivity contribution in [2.75, 3.05) is 25.2 Å². The maximum absolute atomic E-state index is 13.4. The van der Waals surface area contributed by atoms with E-state index in [-0.39, 0.29) is 37.2 Å². The normalized spacial score (nSPS) is 12.0. The smallest absolute Gasteiger partial charge is 0.315 e. The number of carbonyl (C=O) groups excluding carboxylic acids is 1. The number of benzene rings is 1. The van der Waals surface area contributed by atoms with Gasteiger partial charge in [-0.15, -0.1) is 0 Å². The lowest BCUT2D eigenvalue weighted by atomic mass is 10.1. The highest BCUT2D eigenvalue weighted by Crippen LogP contribution is 2.09. The second-order valence-electron chi connectivity index (χ2n) is 4.55. The van der Waals surface area contributed by atoms with Crippen LogP contribution < -0.4 is 10.6 Å². The van der Waals surface area contributed by atoms with E-state index in [9.17, 15) is 13.6 Å². The number of thioether (sulfide) groups is 1. The Balaban J connectivity index is 2.37. The predicted octanol–water partition coefficient (Wildman–Crippen LogP) is 1.92. The third-order valence-corrected chi connectivity index (χ3v) is 3.60. The van der Waals surface area contributed by atoms with E-state index in [0.717, 1.165) is 18.2 Å². The number of hydrogen-bond acceptors (Lipinski definition) is 3. The fraction of sp³-hybridized carbons (Fsp3) is 0.500. The molecule has 1 unspecified atom stereocenters. The molecule has 1 aromatic rings. The van der Waals surface area contributed by atoms with Crippen LogP contribution in [0.4, 0.5) is 13.6 Å². The van der Waals surface area contributed by atoms with Crippen LogP contribution in [0.15, 0.2) is 18.2 Å². The van der Waals surface area contributed by atoms with Gasteiger partial charge in [0.25, 0.3) is 0 Å². The second-order valence-corrected chi connectivity index (χ2v) is 5.46. The van der Waals surface area contributed by atoms with E-state index >= 15 is 0 Å². The van der Waals surface area contributed by atoms with Gasteiger partial charge < -0.3 is 15.7 Å². The van der Waals surface area contributed by atoms with Gasteiger partial charge in [-0.25, -0.2) is 13.6 Å². The zero-order chi connectivity index (χ0) is 15.7. The average molecular weight is 318 g/mol. The minimum Gasteiger partial charge on any atom is -0.396 e. The zero-order valence-electron chi connectivity index (χ0n) is 11.9. The molecule has 0 bridgehead atoms. The van der Waals surface area contributed by atoms with Crippen LogP contribution in [0.2, 0.25) is 0 Å². The van der Waals surface area contributed by atoms with Crippen LogP contribution in [0.5, 0.6) is 0 Å². The molecular weight excluding hydrogens is 298 g/mol. The summed E-state index contributed by atoms with van der Waals surface area (Å²) in [6.07, 6.45) is 2.60. The highest BCUT2D eigenvalue weighted by molar-refractivity contribution is 7.98. The van der Waals surface area contributed by atoms with Crippen LogP contribution in [0.25, 0.3) is 0 Å². The summed E-state index contributed by atoms with van der Waals surface area (Å²) in [5.41, 5.74) is 0.228. The second kappa shape index (κ2) is 9.57. The summed E-state index contributed by atoms with van der Waals surface area (Å²) in [5.74, 6) is -0.287. The highest BCUT2D eigenvalue weighted by Gasteiger charge is 2.11. The number of nitrogens with one attached hydrogen (secondary N) is 2. The lowest BCUT2D eigenvalue weighted by molar-refractivity contribution is 0.231. The predicted molar refractivity (Wildman–Crippen MR) is 80.5 cm³/mol. The van der Waals surface area contributed by atoms with Crippen LogP contribution in [0, 0.1) is 11.6 Å². The maximum atomic E-state index is 13.4. The van der Waals surface area contributed by atoms with Crippen LogP contribution in [0.1, 0.15) is 12.0 Å². The first-order valence-electron chi connectivity index (χ1n) is 6.65. The van der Waals surface area contributed by atoms with Crippen molar-refractivity contribution in [2.45, 2.75) is 18.9 Å². The molecule has 0 aliphatic heterocycles. The molecule has 3 N–H and O–H groups in total. The number of carbonyl (C=O) groups is 1. The van der Waals surface area contributed by atoms with E-state index in [1.165, 1.54) is 0 Å². The van der Waals surface area contributed by atoms with Gasteiger partial charge in [-0.05, 0) is 42.9 Å². The third-order valence-electron chi connectivity index (χ3n) is 2.87. The molecule has 21 heavy (non-hydrogen) atoms. The number of rotatable bonds is 8. The van der Waals surface area contributed by atoms with Gasteiger partial charge in [0, 0.05) is 24.9 Å². The van der Waals surface area contributed by atoms with Crippen molar-refractivity contribution in [3.63, 3.8) is 0 Å². The lowest BCUT2D eigenvalue weighted by Crippen LogP contribution is -2.44. The van der Waals surface area contributed by atoms with E-state index in [2.05, 4.69) is 10.6 Å². The van der Waals surface area contributed by atoms with Crippen molar-refractivity contribution in [3.8, 4) is 0 Å². The number of aliphatic hydroxyl groups is 1. The topological polar surface area (TPSA) is 61.4 Å². The summed E-state index contributed by atoms with van der Waals surface area (Å²) in [7, 11) is 0. The van der Waals surface area contributed by atoms with Crippen LogP contribution in [-0.4, -0.2) is 42.3 Å². The molecule has 118 valence electrons. The monoisotopic (exact) mass is 318 g/mol. The molecule has 4 nitrogen and oxygen atoms in total. The first-order chi connectivity index (χ1) is 10.1. The first-order valence-corrected chi connectivity index (χ1v) is 8.04. The molecule has 0 aliphatic carbocycles. The Morgan fingerprint density at radius 2 is 2.19 bits per heavy atom. The Hall–Kier alpha value is -1.34. The molecule has 1 atom stereocenters. The Kier molecular flexibility index (Phi) is 8.07. The van der Waals surface area contributed by atoms with Crippen molar-refractivity contribution < 1.29 is 18.7 Å². The van der Waals surface area contributed by atoms with Gasteiger partial charge in [0.05, 0.1) is 0 Å². The Morgan fingerprint density at radius 1 is 1.43 bits per heavy atom. The molecule has 0 fully saturated rings. The lowest BCUT2D eigenvalue weighted by Gasteiger charge is -2.17. The van der Waals surface area contributed by atoms with Crippen molar-refractivity contribution in [2.24, 2.45) is 0 Å². The van der Waals surface area contributed by atoms with Crippen molar-refractivity contribution >= 4 is 17.8 Å². The molecule has 0 saturated heterocycles. The number of urea groups is 1. The van der Waals surface area contributed by atoms with Crippen molar-refractivity contribution in [3.05, 3.63) is 35.4 Å². The van der Waals surface area contributed by atoms with E-state index in [1.54, 1.807) is 11.8 Å². The number of aliphatic hydroxyl groups excluding tert-OH is 1. The quantitative estimate of drug-likeness (QED) is 0.686. The van der Waals surface area contributed by atoms with Gasteiger partial charge >= 0.3 is 6.03 Å². The number of amides is 2. The molecule has 0 aromatic heterocycles. The summed E-state index contributed by atoms with van der Waals surface area (Å²) in [6.45, 7) is 0.206. The average Bonchev–Trinajstić information content (AvgIpc) is 2.43. The fourth-order valence-electron chi connectivity index (χ4n) is 1.84. The van der Waals surface area contributed by atoms with Crippen LogP contribution >= 0.6 is 11.8 Å². The summed E-state index contributed by atoms with van der Waals surface area (Å²) in [4.78, 5) is 11.7. The number of hydrogen-bond donors (Lipinski definition) is 3. The molecule has 1 aromatic carbocycles. The van der Waals surface area contributed by atoms with Gasteiger partial charge in [-0.2, -0.15) is 11.8 Å². The van der Waals surface area contributed by atoms with Gasteiger partial charge in [0.2, 0.25) is 0 Å². The van der Waals surface area contributed by atoms with Crippen LogP contribution in [0.3, 0.4) is 0 Å². The van der Waals surface area contributed by atoms with Gasteiger partial charge in [-0.1, -0.05) is 0 Å². The van der Waals surface area contributed by atoms with Gasteiger partial charge in [-0.3, -0.25) is 0 Å². The largest absolute Gasteiger partial charge is 0.396 e. The molecular formula is C14H20F2N2O2S. The number of halogens is 2.